The predicted molar refractivity (Wildman–Crippen MR) is 72.1 cm³/mol. The lowest BCUT2D eigenvalue weighted by Crippen LogP contribution is -2.41. The van der Waals surface area contributed by atoms with Gasteiger partial charge in [0.2, 0.25) is 5.91 Å². The SMILES string of the molecule is CC(C)CN(CC(N)=O)CC(=O)C1CCCCC1. The summed E-state index contributed by atoms with van der Waals surface area (Å²) in [5.41, 5.74) is 5.23. The minimum absolute atomic E-state index is 0.191. The molecule has 1 aliphatic rings. The van der Waals surface area contributed by atoms with Crippen LogP contribution in [0.15, 0.2) is 0 Å². The summed E-state index contributed by atoms with van der Waals surface area (Å²) in [7, 11) is 0. The average molecular weight is 254 g/mol. The number of amides is 1. The first-order valence-electron chi connectivity index (χ1n) is 7.02. The molecule has 0 aromatic carbocycles. The van der Waals surface area contributed by atoms with Gasteiger partial charge in [-0.1, -0.05) is 33.1 Å². The van der Waals surface area contributed by atoms with Gasteiger partial charge in [-0.25, -0.2) is 0 Å². The normalized spacial score (nSPS) is 17.3. The van der Waals surface area contributed by atoms with E-state index in [4.69, 9.17) is 5.73 Å². The molecular formula is C14H26N2O2. The molecule has 18 heavy (non-hydrogen) atoms. The Morgan fingerprint density at radius 1 is 1.17 bits per heavy atom. The molecular weight excluding hydrogens is 228 g/mol. The van der Waals surface area contributed by atoms with Crippen molar-refractivity contribution in [2.75, 3.05) is 19.6 Å². The van der Waals surface area contributed by atoms with Crippen LogP contribution in [0.4, 0.5) is 0 Å². The van der Waals surface area contributed by atoms with E-state index in [0.29, 0.717) is 12.5 Å². The van der Waals surface area contributed by atoms with E-state index in [1.54, 1.807) is 0 Å². The second-order valence-corrected chi connectivity index (χ2v) is 5.83. The Kier molecular flexibility index (Phi) is 6.33. The molecule has 0 aromatic rings. The third-order valence-electron chi connectivity index (χ3n) is 3.44. The van der Waals surface area contributed by atoms with Gasteiger partial charge in [0.05, 0.1) is 13.1 Å². The monoisotopic (exact) mass is 254 g/mol. The van der Waals surface area contributed by atoms with Gasteiger partial charge in [0.1, 0.15) is 5.78 Å². The van der Waals surface area contributed by atoms with Crippen LogP contribution in [0.2, 0.25) is 0 Å². The van der Waals surface area contributed by atoms with E-state index in [0.717, 1.165) is 32.2 Å². The van der Waals surface area contributed by atoms with Crippen molar-refractivity contribution in [3.05, 3.63) is 0 Å². The Hall–Kier alpha value is -0.900. The van der Waals surface area contributed by atoms with Crippen LogP contribution < -0.4 is 5.73 Å². The first-order chi connectivity index (χ1) is 8.49. The summed E-state index contributed by atoms with van der Waals surface area (Å²) in [6, 6.07) is 0. The van der Waals surface area contributed by atoms with Gasteiger partial charge in [0.15, 0.2) is 0 Å². The molecule has 0 heterocycles. The van der Waals surface area contributed by atoms with Gasteiger partial charge >= 0.3 is 0 Å². The van der Waals surface area contributed by atoms with Crippen molar-refractivity contribution in [1.82, 2.24) is 4.90 Å². The Labute approximate surface area is 110 Å². The molecule has 0 unspecified atom stereocenters. The molecule has 1 saturated carbocycles. The highest BCUT2D eigenvalue weighted by Gasteiger charge is 2.23. The highest BCUT2D eigenvalue weighted by Crippen LogP contribution is 2.24. The van der Waals surface area contributed by atoms with Crippen molar-refractivity contribution in [2.24, 2.45) is 17.6 Å². The van der Waals surface area contributed by atoms with Crippen LogP contribution in [0.3, 0.4) is 0 Å². The minimum Gasteiger partial charge on any atom is -0.369 e. The molecule has 0 radical (unpaired) electrons. The van der Waals surface area contributed by atoms with Crippen molar-refractivity contribution in [1.29, 1.82) is 0 Å². The average Bonchev–Trinajstić information content (AvgIpc) is 2.28. The standard InChI is InChI=1S/C14H26N2O2/c1-11(2)8-16(10-14(15)18)9-13(17)12-6-4-3-5-7-12/h11-12H,3-10H2,1-2H3,(H2,15,18). The molecule has 4 heteroatoms. The lowest BCUT2D eigenvalue weighted by Gasteiger charge is -2.26. The van der Waals surface area contributed by atoms with Crippen LogP contribution in [-0.2, 0) is 9.59 Å². The number of Topliss-reactive ketones (excluding diaryl/α,β-unsaturated/α-hetero) is 1. The molecule has 104 valence electrons. The predicted octanol–water partition coefficient (Wildman–Crippen LogP) is 1.58. The molecule has 0 atom stereocenters. The second-order valence-electron chi connectivity index (χ2n) is 5.83. The van der Waals surface area contributed by atoms with Crippen molar-refractivity contribution in [2.45, 2.75) is 46.0 Å². The Morgan fingerprint density at radius 3 is 2.28 bits per heavy atom. The molecule has 1 fully saturated rings. The van der Waals surface area contributed by atoms with Gasteiger partial charge in [-0.05, 0) is 18.8 Å². The number of nitrogens with two attached hydrogens (primary N) is 1. The summed E-state index contributed by atoms with van der Waals surface area (Å²) in [4.78, 5) is 25.1. The maximum absolute atomic E-state index is 12.2. The van der Waals surface area contributed by atoms with Gasteiger partial charge in [0.25, 0.3) is 0 Å². The zero-order valence-electron chi connectivity index (χ0n) is 11.7. The van der Waals surface area contributed by atoms with Gasteiger partial charge in [0, 0.05) is 12.5 Å². The highest BCUT2D eigenvalue weighted by atomic mass is 16.1. The zero-order chi connectivity index (χ0) is 13.5. The van der Waals surface area contributed by atoms with Crippen LogP contribution in [0.25, 0.3) is 0 Å². The maximum Gasteiger partial charge on any atom is 0.231 e. The van der Waals surface area contributed by atoms with E-state index in [9.17, 15) is 9.59 Å². The van der Waals surface area contributed by atoms with Crippen molar-refractivity contribution < 1.29 is 9.59 Å². The number of nitrogens with zero attached hydrogens (tertiary/aromatic N) is 1. The van der Waals surface area contributed by atoms with E-state index in [-0.39, 0.29) is 24.2 Å². The number of hydrogen-bond donors (Lipinski definition) is 1. The lowest BCUT2D eigenvalue weighted by molar-refractivity contribution is -0.126. The van der Waals surface area contributed by atoms with Gasteiger partial charge in [-0.2, -0.15) is 0 Å². The third kappa shape index (κ3) is 5.63. The maximum atomic E-state index is 12.2. The molecule has 1 amide bonds. The van der Waals surface area contributed by atoms with Crippen molar-refractivity contribution in [3.8, 4) is 0 Å². The summed E-state index contributed by atoms with van der Waals surface area (Å²) in [6.07, 6.45) is 5.61. The fraction of sp³-hybridized carbons (Fsp3) is 0.857. The quantitative estimate of drug-likeness (QED) is 0.750. The molecule has 4 nitrogen and oxygen atoms in total. The summed E-state index contributed by atoms with van der Waals surface area (Å²) < 4.78 is 0. The molecule has 0 saturated heterocycles. The smallest absolute Gasteiger partial charge is 0.231 e. The number of rotatable bonds is 7. The third-order valence-corrected chi connectivity index (χ3v) is 3.44. The molecule has 1 rings (SSSR count). The van der Waals surface area contributed by atoms with Crippen molar-refractivity contribution >= 4 is 11.7 Å². The first kappa shape index (κ1) is 15.2. The van der Waals surface area contributed by atoms with Crippen LogP contribution in [-0.4, -0.2) is 36.2 Å². The lowest BCUT2D eigenvalue weighted by atomic mass is 9.86. The van der Waals surface area contributed by atoms with Gasteiger partial charge in [-0.15, -0.1) is 0 Å². The minimum atomic E-state index is -0.355. The molecule has 0 aromatic heterocycles. The van der Waals surface area contributed by atoms with E-state index >= 15 is 0 Å². The second kappa shape index (κ2) is 7.52. The topological polar surface area (TPSA) is 63.4 Å². The number of primary amides is 1. The van der Waals surface area contributed by atoms with E-state index in [2.05, 4.69) is 13.8 Å². The summed E-state index contributed by atoms with van der Waals surface area (Å²) in [5.74, 6) is 0.577. The highest BCUT2D eigenvalue weighted by molar-refractivity contribution is 5.84. The largest absolute Gasteiger partial charge is 0.369 e. The van der Waals surface area contributed by atoms with E-state index in [1.165, 1.54) is 6.42 Å². The Balaban J connectivity index is 2.47. The molecule has 2 N–H and O–H groups in total. The summed E-state index contributed by atoms with van der Waals surface area (Å²) in [6.45, 7) is 5.49. The number of hydrogen-bond acceptors (Lipinski definition) is 3. The van der Waals surface area contributed by atoms with Crippen molar-refractivity contribution in [3.63, 3.8) is 0 Å². The summed E-state index contributed by atoms with van der Waals surface area (Å²) in [5, 5.41) is 0. The fourth-order valence-corrected chi connectivity index (χ4v) is 2.70. The fourth-order valence-electron chi connectivity index (χ4n) is 2.70. The molecule has 1 aliphatic carbocycles. The first-order valence-corrected chi connectivity index (χ1v) is 7.02. The van der Waals surface area contributed by atoms with Gasteiger partial charge < -0.3 is 5.73 Å². The Morgan fingerprint density at radius 2 is 1.78 bits per heavy atom. The van der Waals surface area contributed by atoms with Crippen LogP contribution in [0.5, 0.6) is 0 Å². The van der Waals surface area contributed by atoms with Gasteiger partial charge in [-0.3, -0.25) is 14.5 Å². The number of carbonyl (C=O) groups is 2. The van der Waals surface area contributed by atoms with E-state index in [1.807, 2.05) is 4.90 Å². The Bertz CT molecular complexity index is 284. The zero-order valence-corrected chi connectivity index (χ0v) is 11.7. The number of ketones is 1. The van der Waals surface area contributed by atoms with Crippen LogP contribution in [0.1, 0.15) is 46.0 Å². The van der Waals surface area contributed by atoms with Crippen LogP contribution in [0, 0.1) is 11.8 Å². The summed E-state index contributed by atoms with van der Waals surface area (Å²) >= 11 is 0. The number of carbonyl (C=O) groups excluding carboxylic acids is 2. The molecule has 0 aliphatic heterocycles. The van der Waals surface area contributed by atoms with Crippen LogP contribution >= 0.6 is 0 Å². The molecule has 0 bridgehead atoms. The van der Waals surface area contributed by atoms with E-state index < -0.39 is 0 Å². The molecule has 0 spiro atoms.